The highest BCUT2D eigenvalue weighted by atomic mass is 35.5. The maximum atomic E-state index is 12.5. The maximum absolute atomic E-state index is 12.5. The van der Waals surface area contributed by atoms with E-state index in [1.807, 2.05) is 13.0 Å². The minimum Gasteiger partial charge on any atom is -0.346 e. The molecule has 0 saturated carbocycles. The van der Waals surface area contributed by atoms with Crippen molar-refractivity contribution in [3.05, 3.63) is 64.7 Å². The van der Waals surface area contributed by atoms with Crippen molar-refractivity contribution in [1.29, 1.82) is 0 Å². The first-order valence-corrected chi connectivity index (χ1v) is 12.6. The first-order chi connectivity index (χ1) is 13.6. The normalized spacial score (nSPS) is 19.6. The van der Waals surface area contributed by atoms with Crippen molar-refractivity contribution >= 4 is 37.4 Å². The van der Waals surface area contributed by atoms with Gasteiger partial charge in [-0.05, 0) is 55.3 Å². The monoisotopic (exact) mass is 456 g/mol. The van der Waals surface area contributed by atoms with Gasteiger partial charge in [0.15, 0.2) is 9.84 Å². The molecule has 29 heavy (non-hydrogen) atoms. The summed E-state index contributed by atoms with van der Waals surface area (Å²) < 4.78 is 50.3. The van der Waals surface area contributed by atoms with Crippen LogP contribution in [0.15, 0.2) is 53.4 Å². The van der Waals surface area contributed by atoms with Gasteiger partial charge >= 0.3 is 0 Å². The van der Waals surface area contributed by atoms with Crippen LogP contribution < -0.4 is 10.0 Å². The average Bonchev–Trinajstić information content (AvgIpc) is 2.99. The Hall–Kier alpha value is -1.94. The first-order valence-electron chi connectivity index (χ1n) is 8.95. The molecule has 0 bridgehead atoms. The Morgan fingerprint density at radius 2 is 1.86 bits per heavy atom. The van der Waals surface area contributed by atoms with Crippen LogP contribution in [-0.2, 0) is 19.9 Å². The van der Waals surface area contributed by atoms with Crippen LogP contribution in [0.5, 0.6) is 0 Å². The first kappa shape index (κ1) is 21.8. The van der Waals surface area contributed by atoms with E-state index in [0.717, 1.165) is 5.56 Å². The highest BCUT2D eigenvalue weighted by molar-refractivity contribution is 7.92. The standard InChI is InChI=1S/C19H21ClN2O5S2/c1-13(15-3-2-4-16(20)11-15)21-19(23)14-5-7-18(8-6-14)29(26,27)22-17-9-10-28(24,25)12-17/h2-8,11,13,17,22H,9-10,12H2,1H3,(H,21,23)/t13-,17-/m1/s1. The van der Waals surface area contributed by atoms with Gasteiger partial charge in [0.1, 0.15) is 0 Å². The molecule has 0 unspecified atom stereocenters. The molecule has 2 aromatic carbocycles. The second-order valence-corrected chi connectivity index (χ2v) is 11.4. The van der Waals surface area contributed by atoms with E-state index < -0.39 is 25.9 Å². The molecule has 10 heteroatoms. The molecule has 2 atom stereocenters. The number of hydrogen-bond donors (Lipinski definition) is 2. The van der Waals surface area contributed by atoms with Gasteiger partial charge in [-0.2, -0.15) is 0 Å². The lowest BCUT2D eigenvalue weighted by atomic mass is 10.1. The Labute approximate surface area is 175 Å². The van der Waals surface area contributed by atoms with Crippen molar-refractivity contribution < 1.29 is 21.6 Å². The van der Waals surface area contributed by atoms with Gasteiger partial charge < -0.3 is 5.32 Å². The van der Waals surface area contributed by atoms with Gasteiger partial charge in [-0.25, -0.2) is 21.6 Å². The van der Waals surface area contributed by atoms with E-state index in [4.69, 9.17) is 11.6 Å². The highest BCUT2D eigenvalue weighted by Gasteiger charge is 2.31. The van der Waals surface area contributed by atoms with Crippen LogP contribution in [0.25, 0.3) is 0 Å². The van der Waals surface area contributed by atoms with Crippen LogP contribution in [0.1, 0.15) is 35.3 Å². The Balaban J connectivity index is 1.66. The molecule has 1 aliphatic rings. The predicted octanol–water partition coefficient (Wildman–Crippen LogP) is 2.30. The molecule has 0 aromatic heterocycles. The quantitative estimate of drug-likeness (QED) is 0.693. The fraction of sp³-hybridized carbons (Fsp3) is 0.316. The molecule has 1 aliphatic heterocycles. The number of carbonyl (C=O) groups excluding carboxylic acids is 1. The summed E-state index contributed by atoms with van der Waals surface area (Å²) in [6.45, 7) is 1.82. The summed E-state index contributed by atoms with van der Waals surface area (Å²) in [6, 6.07) is 11.7. The fourth-order valence-corrected chi connectivity index (χ4v) is 6.35. The van der Waals surface area contributed by atoms with E-state index in [9.17, 15) is 21.6 Å². The summed E-state index contributed by atoms with van der Waals surface area (Å²) in [5.74, 6) is -0.575. The van der Waals surface area contributed by atoms with E-state index in [1.54, 1.807) is 18.2 Å². The summed E-state index contributed by atoms with van der Waals surface area (Å²) in [5, 5.41) is 3.41. The molecule has 2 aromatic rings. The number of nitrogens with one attached hydrogen (secondary N) is 2. The third kappa shape index (κ3) is 5.57. The molecular weight excluding hydrogens is 436 g/mol. The lowest BCUT2D eigenvalue weighted by Crippen LogP contribution is -2.35. The molecule has 7 nitrogen and oxygen atoms in total. The van der Waals surface area contributed by atoms with Gasteiger partial charge in [-0.1, -0.05) is 23.7 Å². The summed E-state index contributed by atoms with van der Waals surface area (Å²) in [6.07, 6.45) is 0.253. The lowest BCUT2D eigenvalue weighted by molar-refractivity contribution is 0.0939. The van der Waals surface area contributed by atoms with Crippen LogP contribution in [0.3, 0.4) is 0 Å². The molecule has 1 heterocycles. The van der Waals surface area contributed by atoms with Crippen LogP contribution in [-0.4, -0.2) is 40.3 Å². The molecule has 0 aliphatic carbocycles. The number of carbonyl (C=O) groups is 1. The van der Waals surface area contributed by atoms with Gasteiger partial charge in [0.05, 0.1) is 22.4 Å². The molecular formula is C19H21ClN2O5S2. The number of hydrogen-bond acceptors (Lipinski definition) is 5. The van der Waals surface area contributed by atoms with Crippen molar-refractivity contribution in [2.75, 3.05) is 11.5 Å². The second kappa shape index (κ2) is 8.43. The number of rotatable bonds is 6. The van der Waals surface area contributed by atoms with Gasteiger partial charge in [0.2, 0.25) is 10.0 Å². The van der Waals surface area contributed by atoms with Crippen molar-refractivity contribution in [1.82, 2.24) is 10.0 Å². The van der Waals surface area contributed by atoms with Crippen LogP contribution in [0.4, 0.5) is 0 Å². The van der Waals surface area contributed by atoms with E-state index in [2.05, 4.69) is 10.0 Å². The van der Waals surface area contributed by atoms with Crippen molar-refractivity contribution in [2.45, 2.75) is 30.3 Å². The molecule has 1 saturated heterocycles. The van der Waals surface area contributed by atoms with E-state index in [1.165, 1.54) is 24.3 Å². The van der Waals surface area contributed by atoms with Crippen LogP contribution in [0, 0.1) is 0 Å². The Bertz CT molecular complexity index is 1120. The number of halogens is 1. The Kier molecular flexibility index (Phi) is 6.33. The Morgan fingerprint density at radius 3 is 2.45 bits per heavy atom. The van der Waals surface area contributed by atoms with Crippen LogP contribution in [0.2, 0.25) is 5.02 Å². The summed E-state index contributed by atoms with van der Waals surface area (Å²) in [7, 11) is -7.06. The third-order valence-corrected chi connectivity index (χ3v) is 8.22. The molecule has 156 valence electrons. The molecule has 2 N–H and O–H groups in total. The van der Waals surface area contributed by atoms with E-state index >= 15 is 0 Å². The molecule has 0 spiro atoms. The molecule has 3 rings (SSSR count). The lowest BCUT2D eigenvalue weighted by Gasteiger charge is -2.15. The molecule has 1 amide bonds. The minimum atomic E-state index is -3.87. The number of sulfone groups is 1. The second-order valence-electron chi connectivity index (χ2n) is 7.00. The van der Waals surface area contributed by atoms with Gasteiger partial charge in [0.25, 0.3) is 5.91 Å². The predicted molar refractivity (Wildman–Crippen MR) is 111 cm³/mol. The summed E-state index contributed by atoms with van der Waals surface area (Å²) in [5.41, 5.74) is 1.15. The number of benzene rings is 2. The third-order valence-electron chi connectivity index (χ3n) is 4.68. The minimum absolute atomic E-state index is 0.0237. The Morgan fingerprint density at radius 1 is 1.17 bits per heavy atom. The van der Waals surface area contributed by atoms with Gasteiger partial charge in [-0.15, -0.1) is 0 Å². The van der Waals surface area contributed by atoms with Gasteiger partial charge in [0, 0.05) is 16.6 Å². The van der Waals surface area contributed by atoms with E-state index in [0.29, 0.717) is 10.6 Å². The molecule has 1 fully saturated rings. The fourth-order valence-electron chi connectivity index (χ4n) is 3.10. The number of sulfonamides is 1. The maximum Gasteiger partial charge on any atom is 0.251 e. The van der Waals surface area contributed by atoms with Crippen molar-refractivity contribution in [3.63, 3.8) is 0 Å². The zero-order valence-electron chi connectivity index (χ0n) is 15.6. The summed E-state index contributed by atoms with van der Waals surface area (Å²) >= 11 is 5.97. The zero-order chi connectivity index (χ0) is 21.2. The smallest absolute Gasteiger partial charge is 0.251 e. The van der Waals surface area contributed by atoms with Gasteiger partial charge in [-0.3, -0.25) is 4.79 Å². The largest absolute Gasteiger partial charge is 0.346 e. The van der Waals surface area contributed by atoms with Crippen molar-refractivity contribution in [2.24, 2.45) is 0 Å². The van der Waals surface area contributed by atoms with E-state index in [-0.39, 0.29) is 34.8 Å². The number of amides is 1. The molecule has 0 radical (unpaired) electrons. The average molecular weight is 457 g/mol. The van der Waals surface area contributed by atoms with Crippen molar-refractivity contribution in [3.8, 4) is 0 Å². The summed E-state index contributed by atoms with van der Waals surface area (Å²) in [4.78, 5) is 12.4. The topological polar surface area (TPSA) is 109 Å². The highest BCUT2D eigenvalue weighted by Crippen LogP contribution is 2.19. The zero-order valence-corrected chi connectivity index (χ0v) is 18.0. The SMILES string of the molecule is C[C@@H](NC(=O)c1ccc(S(=O)(=O)N[C@@H]2CCS(=O)(=O)C2)cc1)c1cccc(Cl)c1. The van der Waals surface area contributed by atoms with Crippen LogP contribution >= 0.6 is 11.6 Å².